The number of methoxy groups -OCH3 is 1. The Balaban J connectivity index is 2.09. The summed E-state index contributed by atoms with van der Waals surface area (Å²) in [6, 6.07) is 12.2. The van der Waals surface area contributed by atoms with E-state index in [2.05, 4.69) is 15.9 Å². The topological polar surface area (TPSA) is 52.6 Å². The van der Waals surface area contributed by atoms with Crippen LogP contribution < -0.4 is 9.47 Å². The molecule has 0 unspecified atom stereocenters. The highest BCUT2D eigenvalue weighted by molar-refractivity contribution is 9.10. The van der Waals surface area contributed by atoms with Crippen LogP contribution in [0.5, 0.6) is 11.5 Å². The van der Waals surface area contributed by atoms with Gasteiger partial charge in [-0.3, -0.25) is 0 Å². The van der Waals surface area contributed by atoms with Crippen LogP contribution in [0.15, 0.2) is 51.8 Å². The van der Waals surface area contributed by atoms with Crippen LogP contribution in [-0.2, 0) is 17.3 Å². The molecule has 0 aliphatic carbocycles. The summed E-state index contributed by atoms with van der Waals surface area (Å²) in [4.78, 5) is 0.221. The number of benzene rings is 2. The fourth-order valence-corrected chi connectivity index (χ4v) is 2.75. The molecule has 0 atom stereocenters. The van der Waals surface area contributed by atoms with E-state index in [0.717, 1.165) is 11.3 Å². The second kappa shape index (κ2) is 6.76. The first-order valence-electron chi connectivity index (χ1n) is 5.79. The Labute approximate surface area is 127 Å². The van der Waals surface area contributed by atoms with Gasteiger partial charge in [0.25, 0.3) is 0 Å². The lowest BCUT2D eigenvalue weighted by Crippen LogP contribution is -1.96. The molecular formula is C14H13BrO4S. The molecule has 6 heteroatoms. The van der Waals surface area contributed by atoms with Crippen molar-refractivity contribution in [3.05, 3.63) is 52.5 Å². The smallest absolute Gasteiger partial charge is 0.168 e. The molecule has 2 rings (SSSR count). The van der Waals surface area contributed by atoms with Gasteiger partial charge in [0.2, 0.25) is 0 Å². The lowest BCUT2D eigenvalue weighted by Gasteiger charge is -2.08. The van der Waals surface area contributed by atoms with Crippen molar-refractivity contribution >= 4 is 26.6 Å². The van der Waals surface area contributed by atoms with Gasteiger partial charge < -0.3 is 9.47 Å². The average Bonchev–Trinajstić information content (AvgIpc) is 2.45. The molecule has 20 heavy (non-hydrogen) atoms. The third-order valence-corrected chi connectivity index (χ3v) is 3.77. The third kappa shape index (κ3) is 3.98. The van der Waals surface area contributed by atoms with E-state index in [1.54, 1.807) is 13.2 Å². The molecule has 0 bridgehead atoms. The molecule has 0 aromatic heterocycles. The highest BCUT2D eigenvalue weighted by Crippen LogP contribution is 2.23. The number of hydrogen-bond acceptors (Lipinski definition) is 4. The largest absolute Gasteiger partial charge is 0.497 e. The lowest BCUT2D eigenvalue weighted by molar-refractivity contribution is 0.305. The number of ether oxygens (including phenoxy) is 2. The Morgan fingerprint density at radius 3 is 2.35 bits per heavy atom. The molecule has 0 spiro atoms. The predicted molar refractivity (Wildman–Crippen MR) is 80.0 cm³/mol. The minimum absolute atomic E-state index is 0.221. The zero-order valence-corrected chi connectivity index (χ0v) is 13.2. The first-order valence-corrected chi connectivity index (χ1v) is 7.76. The molecule has 0 amide bonds. The summed E-state index contributed by atoms with van der Waals surface area (Å²) in [6.07, 6.45) is 0. The van der Waals surface area contributed by atoms with Gasteiger partial charge in [-0.2, -0.15) is 0 Å². The van der Waals surface area contributed by atoms with Crippen LogP contribution in [0.3, 0.4) is 0 Å². The molecule has 2 aromatic carbocycles. The highest BCUT2D eigenvalue weighted by Gasteiger charge is 2.03. The monoisotopic (exact) mass is 356 g/mol. The van der Waals surface area contributed by atoms with E-state index < -0.39 is 10.7 Å². The van der Waals surface area contributed by atoms with E-state index in [0.29, 0.717) is 16.8 Å². The molecule has 106 valence electrons. The SMILES string of the molecule is COc1ccc(COc2cc(Br)cc([SH](=O)=O)c2)cc1. The predicted octanol–water partition coefficient (Wildman–Crippen LogP) is 3.01. The summed E-state index contributed by atoms with van der Waals surface area (Å²) in [7, 11) is -1.02. The molecule has 2 aromatic rings. The first kappa shape index (κ1) is 14.9. The Bertz CT molecular complexity index is 657. The van der Waals surface area contributed by atoms with Crippen molar-refractivity contribution in [2.45, 2.75) is 11.5 Å². The van der Waals surface area contributed by atoms with Crippen LogP contribution in [0.25, 0.3) is 0 Å². The summed E-state index contributed by atoms with van der Waals surface area (Å²) in [6.45, 7) is 0.357. The van der Waals surface area contributed by atoms with Gasteiger partial charge in [-0.05, 0) is 35.9 Å². The van der Waals surface area contributed by atoms with Crippen molar-refractivity contribution in [3.8, 4) is 11.5 Å². The number of rotatable bonds is 5. The van der Waals surface area contributed by atoms with Crippen molar-refractivity contribution in [1.29, 1.82) is 0 Å². The van der Waals surface area contributed by atoms with E-state index in [1.165, 1.54) is 12.1 Å². The van der Waals surface area contributed by atoms with Gasteiger partial charge in [0, 0.05) is 4.47 Å². The van der Waals surface area contributed by atoms with Gasteiger partial charge in [0.1, 0.15) is 18.1 Å². The standard InChI is InChI=1S/C14H13BrO4S/c1-18-12-4-2-10(3-5-12)9-19-13-6-11(15)7-14(8-13)20(16)17/h2-8,20H,9H2,1H3. The van der Waals surface area contributed by atoms with E-state index in [-0.39, 0.29) is 4.90 Å². The van der Waals surface area contributed by atoms with Gasteiger partial charge in [-0.15, -0.1) is 0 Å². The molecule has 0 saturated heterocycles. The summed E-state index contributed by atoms with van der Waals surface area (Å²) in [5, 5.41) is 0. The van der Waals surface area contributed by atoms with Crippen molar-refractivity contribution in [3.63, 3.8) is 0 Å². The van der Waals surface area contributed by atoms with E-state index >= 15 is 0 Å². The minimum atomic E-state index is -2.63. The Morgan fingerprint density at radius 2 is 1.75 bits per heavy atom. The fraction of sp³-hybridized carbons (Fsp3) is 0.143. The Morgan fingerprint density at radius 1 is 1.05 bits per heavy atom. The first-order chi connectivity index (χ1) is 9.58. The molecule has 0 fully saturated rings. The van der Waals surface area contributed by atoms with Gasteiger partial charge >= 0.3 is 0 Å². The maximum absolute atomic E-state index is 11.0. The van der Waals surface area contributed by atoms with E-state index in [4.69, 9.17) is 9.47 Å². The minimum Gasteiger partial charge on any atom is -0.497 e. The van der Waals surface area contributed by atoms with Crippen molar-refractivity contribution < 1.29 is 17.9 Å². The average molecular weight is 357 g/mol. The quantitative estimate of drug-likeness (QED) is 0.836. The summed E-state index contributed by atoms with van der Waals surface area (Å²) in [5.41, 5.74) is 0.971. The second-order valence-electron chi connectivity index (χ2n) is 4.04. The van der Waals surface area contributed by atoms with Crippen LogP contribution in [0.4, 0.5) is 0 Å². The number of halogens is 1. The van der Waals surface area contributed by atoms with Gasteiger partial charge in [-0.25, -0.2) is 8.42 Å². The normalized spacial score (nSPS) is 10.6. The maximum atomic E-state index is 11.0. The Kier molecular flexibility index (Phi) is 5.03. The fourth-order valence-electron chi connectivity index (χ4n) is 1.63. The number of hydrogen-bond donors (Lipinski definition) is 1. The van der Waals surface area contributed by atoms with E-state index in [9.17, 15) is 8.42 Å². The van der Waals surface area contributed by atoms with Crippen LogP contribution in [0, 0.1) is 0 Å². The molecule has 0 radical (unpaired) electrons. The molecular weight excluding hydrogens is 344 g/mol. The molecule has 0 N–H and O–H groups in total. The zero-order valence-electron chi connectivity index (χ0n) is 10.7. The molecule has 0 aliphatic heterocycles. The van der Waals surface area contributed by atoms with Crippen LogP contribution >= 0.6 is 15.9 Å². The lowest BCUT2D eigenvalue weighted by atomic mass is 10.2. The molecule has 0 aliphatic rings. The summed E-state index contributed by atoms with van der Waals surface area (Å²) >= 11 is 3.26. The molecule has 0 heterocycles. The van der Waals surface area contributed by atoms with Crippen LogP contribution in [0.1, 0.15) is 5.56 Å². The maximum Gasteiger partial charge on any atom is 0.168 e. The summed E-state index contributed by atoms with van der Waals surface area (Å²) < 4.78 is 33.3. The number of thiol groups is 1. The van der Waals surface area contributed by atoms with Gasteiger partial charge in [0.05, 0.1) is 12.0 Å². The van der Waals surface area contributed by atoms with E-state index in [1.807, 2.05) is 24.3 Å². The van der Waals surface area contributed by atoms with Crippen LogP contribution in [0.2, 0.25) is 0 Å². The molecule has 4 nitrogen and oxygen atoms in total. The van der Waals surface area contributed by atoms with Gasteiger partial charge in [-0.1, -0.05) is 28.1 Å². The molecule has 0 saturated carbocycles. The van der Waals surface area contributed by atoms with Crippen molar-refractivity contribution in [1.82, 2.24) is 0 Å². The van der Waals surface area contributed by atoms with Crippen molar-refractivity contribution in [2.24, 2.45) is 0 Å². The summed E-state index contributed by atoms with van der Waals surface area (Å²) in [5.74, 6) is 1.28. The second-order valence-corrected chi connectivity index (χ2v) is 5.99. The zero-order chi connectivity index (χ0) is 14.5. The van der Waals surface area contributed by atoms with Gasteiger partial charge in [0.15, 0.2) is 10.7 Å². The van der Waals surface area contributed by atoms with Crippen LogP contribution in [-0.4, -0.2) is 15.5 Å². The van der Waals surface area contributed by atoms with Crippen molar-refractivity contribution in [2.75, 3.05) is 7.11 Å². The highest BCUT2D eigenvalue weighted by atomic mass is 79.9. The third-order valence-electron chi connectivity index (χ3n) is 2.63. The Hall–Kier alpha value is -1.53.